The summed E-state index contributed by atoms with van der Waals surface area (Å²) < 4.78 is 4.59. The number of hydrogen-bond donors (Lipinski definition) is 0. The highest BCUT2D eigenvalue weighted by atomic mass is 35.5. The van der Waals surface area contributed by atoms with Crippen molar-refractivity contribution in [3.05, 3.63) is 22.8 Å². The molecule has 4 nitrogen and oxygen atoms in total. The first kappa shape index (κ1) is 12.8. The molecular formula is C10H9ClN2O2S. The molecule has 1 heterocycles. The molecule has 0 aromatic carbocycles. The van der Waals surface area contributed by atoms with Crippen molar-refractivity contribution in [3.8, 4) is 6.07 Å². The molecule has 1 atom stereocenters. The van der Waals surface area contributed by atoms with E-state index in [9.17, 15) is 4.79 Å². The van der Waals surface area contributed by atoms with E-state index in [-0.39, 0.29) is 16.9 Å². The van der Waals surface area contributed by atoms with E-state index in [1.165, 1.54) is 18.9 Å². The Bertz CT molecular complexity index is 445. The van der Waals surface area contributed by atoms with Gasteiger partial charge in [-0.15, -0.1) is 0 Å². The number of hydrogen-bond acceptors (Lipinski definition) is 5. The van der Waals surface area contributed by atoms with Crippen molar-refractivity contribution in [2.24, 2.45) is 0 Å². The summed E-state index contributed by atoms with van der Waals surface area (Å²) in [5.74, 6) is -0.333. The standard InChI is InChI=1S/C10H9ClN2O2S/c1-6(10(14)15-2)16-9-4-3-7(11)8(5-12)13-9/h3-4,6H,1-2H3. The number of halogens is 1. The first-order valence-electron chi connectivity index (χ1n) is 4.39. The van der Waals surface area contributed by atoms with Crippen molar-refractivity contribution >= 4 is 29.3 Å². The van der Waals surface area contributed by atoms with Gasteiger partial charge in [0.15, 0.2) is 5.69 Å². The van der Waals surface area contributed by atoms with E-state index in [4.69, 9.17) is 16.9 Å². The van der Waals surface area contributed by atoms with Gasteiger partial charge in [0.2, 0.25) is 0 Å². The zero-order valence-corrected chi connectivity index (χ0v) is 10.3. The van der Waals surface area contributed by atoms with Gasteiger partial charge in [-0.1, -0.05) is 23.4 Å². The summed E-state index contributed by atoms with van der Waals surface area (Å²) in [6.07, 6.45) is 0. The van der Waals surface area contributed by atoms with Crippen LogP contribution in [0.25, 0.3) is 0 Å². The van der Waals surface area contributed by atoms with Gasteiger partial charge in [-0.25, -0.2) is 4.98 Å². The minimum atomic E-state index is -0.370. The summed E-state index contributed by atoms with van der Waals surface area (Å²) in [5.41, 5.74) is 0.156. The molecule has 0 aliphatic heterocycles. The lowest BCUT2D eigenvalue weighted by Crippen LogP contribution is -2.14. The fraction of sp³-hybridized carbons (Fsp3) is 0.300. The molecule has 0 bridgehead atoms. The van der Waals surface area contributed by atoms with Crippen molar-refractivity contribution in [1.29, 1.82) is 5.26 Å². The monoisotopic (exact) mass is 256 g/mol. The Labute approximate surface area is 103 Å². The SMILES string of the molecule is COC(=O)C(C)Sc1ccc(Cl)c(C#N)n1. The molecule has 0 saturated heterocycles. The average molecular weight is 257 g/mol. The normalized spacial score (nSPS) is 11.6. The zero-order chi connectivity index (χ0) is 12.1. The smallest absolute Gasteiger partial charge is 0.318 e. The number of pyridine rings is 1. The number of methoxy groups -OCH3 is 1. The van der Waals surface area contributed by atoms with Crippen LogP contribution < -0.4 is 0 Å². The van der Waals surface area contributed by atoms with Crippen LogP contribution in [0.4, 0.5) is 0 Å². The molecule has 0 radical (unpaired) electrons. The molecule has 0 amide bonds. The number of ether oxygens (including phenoxy) is 1. The maximum Gasteiger partial charge on any atom is 0.318 e. The van der Waals surface area contributed by atoms with Gasteiger partial charge in [0.25, 0.3) is 0 Å². The van der Waals surface area contributed by atoms with Crippen LogP contribution in [0.2, 0.25) is 5.02 Å². The second-order valence-electron chi connectivity index (χ2n) is 2.87. The number of carbonyl (C=O) groups is 1. The third kappa shape index (κ3) is 3.12. The highest BCUT2D eigenvalue weighted by Gasteiger charge is 2.15. The molecule has 1 unspecified atom stereocenters. The molecule has 16 heavy (non-hydrogen) atoms. The van der Waals surface area contributed by atoms with E-state index in [2.05, 4.69) is 9.72 Å². The molecule has 0 fully saturated rings. The number of aromatic nitrogens is 1. The highest BCUT2D eigenvalue weighted by Crippen LogP contribution is 2.24. The van der Waals surface area contributed by atoms with E-state index < -0.39 is 0 Å². The van der Waals surface area contributed by atoms with Crippen molar-refractivity contribution in [1.82, 2.24) is 4.98 Å². The third-order valence-electron chi connectivity index (χ3n) is 1.76. The molecule has 84 valence electrons. The lowest BCUT2D eigenvalue weighted by molar-refractivity contribution is -0.139. The van der Waals surface area contributed by atoms with Crippen LogP contribution in [-0.4, -0.2) is 23.3 Å². The second kappa shape index (κ2) is 5.73. The largest absolute Gasteiger partial charge is 0.468 e. The van der Waals surface area contributed by atoms with Gasteiger partial charge in [0.05, 0.1) is 17.2 Å². The van der Waals surface area contributed by atoms with Crippen LogP contribution in [-0.2, 0) is 9.53 Å². The van der Waals surface area contributed by atoms with Crippen LogP contribution >= 0.6 is 23.4 Å². The van der Waals surface area contributed by atoms with E-state index >= 15 is 0 Å². The van der Waals surface area contributed by atoms with Crippen LogP contribution in [0.1, 0.15) is 12.6 Å². The molecule has 1 rings (SSSR count). The third-order valence-corrected chi connectivity index (χ3v) is 3.08. The average Bonchev–Trinajstić information content (AvgIpc) is 2.30. The number of carbonyl (C=O) groups excluding carboxylic acids is 1. The van der Waals surface area contributed by atoms with E-state index in [0.29, 0.717) is 10.0 Å². The van der Waals surface area contributed by atoms with Gasteiger partial charge in [-0.2, -0.15) is 5.26 Å². The van der Waals surface area contributed by atoms with Gasteiger partial charge in [0, 0.05) is 0 Å². The maximum absolute atomic E-state index is 11.2. The molecule has 0 aliphatic carbocycles. The Morgan fingerprint density at radius 1 is 1.69 bits per heavy atom. The van der Waals surface area contributed by atoms with Crippen LogP contribution in [0.3, 0.4) is 0 Å². The molecule has 0 N–H and O–H groups in total. The molecule has 6 heteroatoms. The lowest BCUT2D eigenvalue weighted by Gasteiger charge is -2.08. The van der Waals surface area contributed by atoms with Crippen LogP contribution in [0.15, 0.2) is 17.2 Å². The molecule has 1 aromatic heterocycles. The number of thioether (sulfide) groups is 1. The van der Waals surface area contributed by atoms with Gasteiger partial charge in [-0.05, 0) is 19.1 Å². The fourth-order valence-electron chi connectivity index (χ4n) is 0.963. The molecule has 0 saturated carbocycles. The maximum atomic E-state index is 11.2. The highest BCUT2D eigenvalue weighted by molar-refractivity contribution is 8.00. The first-order valence-corrected chi connectivity index (χ1v) is 5.65. The number of rotatable bonds is 3. The number of esters is 1. The summed E-state index contributed by atoms with van der Waals surface area (Å²) in [6, 6.07) is 5.12. The van der Waals surface area contributed by atoms with Crippen molar-refractivity contribution in [3.63, 3.8) is 0 Å². The van der Waals surface area contributed by atoms with E-state index in [1.807, 2.05) is 6.07 Å². The van der Waals surface area contributed by atoms with Gasteiger partial charge >= 0.3 is 5.97 Å². The van der Waals surface area contributed by atoms with E-state index in [1.54, 1.807) is 19.1 Å². The van der Waals surface area contributed by atoms with Crippen molar-refractivity contribution in [2.75, 3.05) is 7.11 Å². The summed E-state index contributed by atoms with van der Waals surface area (Å²) in [7, 11) is 1.33. The minimum Gasteiger partial charge on any atom is -0.468 e. The number of nitriles is 1. The van der Waals surface area contributed by atoms with Gasteiger partial charge in [-0.3, -0.25) is 4.79 Å². The topological polar surface area (TPSA) is 63.0 Å². The van der Waals surface area contributed by atoms with Gasteiger partial charge < -0.3 is 4.74 Å². The molecule has 0 spiro atoms. The fourth-order valence-corrected chi connectivity index (χ4v) is 1.96. The molecule has 0 aliphatic rings. The Morgan fingerprint density at radius 2 is 2.38 bits per heavy atom. The second-order valence-corrected chi connectivity index (χ2v) is 4.64. The predicted molar refractivity (Wildman–Crippen MR) is 61.3 cm³/mol. The number of nitrogens with zero attached hydrogens (tertiary/aromatic N) is 2. The van der Waals surface area contributed by atoms with Crippen molar-refractivity contribution < 1.29 is 9.53 Å². The van der Waals surface area contributed by atoms with Crippen LogP contribution in [0.5, 0.6) is 0 Å². The Balaban J connectivity index is 2.83. The molecule has 1 aromatic rings. The Morgan fingerprint density at radius 3 is 2.94 bits per heavy atom. The summed E-state index contributed by atoms with van der Waals surface area (Å²) in [4.78, 5) is 15.2. The summed E-state index contributed by atoms with van der Waals surface area (Å²) in [6.45, 7) is 1.71. The lowest BCUT2D eigenvalue weighted by atomic mass is 10.4. The van der Waals surface area contributed by atoms with Crippen molar-refractivity contribution in [2.45, 2.75) is 17.2 Å². The Hall–Kier alpha value is -1.25. The first-order chi connectivity index (χ1) is 7.58. The van der Waals surface area contributed by atoms with Crippen LogP contribution in [0, 0.1) is 11.3 Å². The quantitative estimate of drug-likeness (QED) is 0.613. The predicted octanol–water partition coefficient (Wildman–Crippen LogP) is 2.26. The zero-order valence-electron chi connectivity index (χ0n) is 8.73. The minimum absolute atomic E-state index is 0.156. The Kier molecular flexibility index (Phi) is 4.59. The summed E-state index contributed by atoms with van der Waals surface area (Å²) >= 11 is 6.96. The molecular weight excluding hydrogens is 248 g/mol. The van der Waals surface area contributed by atoms with Gasteiger partial charge in [0.1, 0.15) is 11.3 Å². The van der Waals surface area contributed by atoms with E-state index in [0.717, 1.165) is 0 Å². The summed E-state index contributed by atoms with van der Waals surface area (Å²) in [5, 5.41) is 9.24.